The average molecular weight is 310 g/mol. The molecule has 0 aromatic heterocycles. The van der Waals surface area contributed by atoms with Crippen molar-refractivity contribution in [2.24, 2.45) is 5.10 Å². The molecule has 2 aromatic rings. The third-order valence-corrected chi connectivity index (χ3v) is 3.26. The number of hydrogen-bond donors (Lipinski definition) is 1. The van der Waals surface area contributed by atoms with Gasteiger partial charge in [0.1, 0.15) is 5.75 Å². The molecule has 0 aliphatic rings. The Labute approximate surface area is 137 Å². The first-order valence-corrected chi connectivity index (χ1v) is 7.77. The lowest BCUT2D eigenvalue weighted by atomic mass is 10.1. The van der Waals surface area contributed by atoms with Gasteiger partial charge in [0.15, 0.2) is 0 Å². The van der Waals surface area contributed by atoms with E-state index in [1.54, 1.807) is 30.5 Å². The van der Waals surface area contributed by atoms with Gasteiger partial charge in [0.2, 0.25) is 0 Å². The van der Waals surface area contributed by atoms with Gasteiger partial charge in [0.05, 0.1) is 12.3 Å². The number of rotatable bonds is 6. The molecule has 4 nitrogen and oxygen atoms in total. The summed E-state index contributed by atoms with van der Waals surface area (Å²) in [7, 11) is 0. The van der Waals surface area contributed by atoms with Crippen molar-refractivity contribution in [3.05, 3.63) is 65.2 Å². The maximum absolute atomic E-state index is 12.0. The van der Waals surface area contributed by atoms with Crippen molar-refractivity contribution >= 4 is 12.1 Å². The van der Waals surface area contributed by atoms with E-state index in [0.29, 0.717) is 5.56 Å². The molecule has 1 amide bonds. The van der Waals surface area contributed by atoms with E-state index >= 15 is 0 Å². The summed E-state index contributed by atoms with van der Waals surface area (Å²) in [5.41, 5.74) is 5.29. The Morgan fingerprint density at radius 1 is 1.13 bits per heavy atom. The number of amides is 1. The zero-order valence-electron chi connectivity index (χ0n) is 13.7. The van der Waals surface area contributed by atoms with Gasteiger partial charge in [-0.3, -0.25) is 4.79 Å². The van der Waals surface area contributed by atoms with Crippen LogP contribution < -0.4 is 10.2 Å². The minimum absolute atomic E-state index is 0.110. The van der Waals surface area contributed by atoms with Gasteiger partial charge >= 0.3 is 0 Å². The van der Waals surface area contributed by atoms with Crippen molar-refractivity contribution in [3.8, 4) is 5.75 Å². The molecule has 0 aliphatic heterocycles. The molecule has 120 valence electrons. The summed E-state index contributed by atoms with van der Waals surface area (Å²) < 4.78 is 5.55. The molecule has 0 heterocycles. The van der Waals surface area contributed by atoms with Crippen LogP contribution in [0.25, 0.3) is 0 Å². The molecular weight excluding hydrogens is 288 g/mol. The van der Waals surface area contributed by atoms with Gasteiger partial charge in [0.25, 0.3) is 5.91 Å². The number of ether oxygens (including phenoxy) is 1. The van der Waals surface area contributed by atoms with E-state index < -0.39 is 0 Å². The van der Waals surface area contributed by atoms with Crippen LogP contribution in [0.5, 0.6) is 5.75 Å². The fourth-order valence-corrected chi connectivity index (χ4v) is 2.03. The molecule has 0 fully saturated rings. The number of hydrazone groups is 1. The summed E-state index contributed by atoms with van der Waals surface area (Å²) in [6, 6.07) is 15.1. The molecule has 0 saturated carbocycles. The van der Waals surface area contributed by atoms with Crippen LogP contribution in [-0.4, -0.2) is 18.2 Å². The van der Waals surface area contributed by atoms with E-state index in [2.05, 4.69) is 29.6 Å². The molecule has 0 unspecified atom stereocenters. The Morgan fingerprint density at radius 2 is 1.78 bits per heavy atom. The van der Waals surface area contributed by atoms with Crippen LogP contribution in [-0.2, 0) is 6.42 Å². The Morgan fingerprint density at radius 3 is 2.35 bits per heavy atom. The Hall–Kier alpha value is -2.62. The second kappa shape index (κ2) is 8.13. The van der Waals surface area contributed by atoms with E-state index in [4.69, 9.17) is 4.74 Å². The molecule has 23 heavy (non-hydrogen) atoms. The number of hydrogen-bond acceptors (Lipinski definition) is 3. The predicted molar refractivity (Wildman–Crippen MR) is 93.1 cm³/mol. The smallest absolute Gasteiger partial charge is 0.271 e. The van der Waals surface area contributed by atoms with Crippen molar-refractivity contribution in [1.29, 1.82) is 0 Å². The summed E-state index contributed by atoms with van der Waals surface area (Å²) in [5.74, 6) is 0.499. The summed E-state index contributed by atoms with van der Waals surface area (Å²) in [6.07, 6.45) is 2.75. The minimum atomic E-state index is -0.248. The fourth-order valence-electron chi connectivity index (χ4n) is 2.03. The van der Waals surface area contributed by atoms with Crippen LogP contribution in [0.1, 0.15) is 42.3 Å². The van der Waals surface area contributed by atoms with Crippen molar-refractivity contribution in [2.45, 2.75) is 33.3 Å². The van der Waals surface area contributed by atoms with Crippen molar-refractivity contribution < 1.29 is 9.53 Å². The van der Waals surface area contributed by atoms with Gasteiger partial charge in [0, 0.05) is 5.56 Å². The maximum atomic E-state index is 12.0. The number of nitrogens with one attached hydrogen (secondary N) is 1. The van der Waals surface area contributed by atoms with Crippen LogP contribution >= 0.6 is 0 Å². The molecule has 0 bridgehead atoms. The highest BCUT2D eigenvalue weighted by atomic mass is 16.5. The normalized spacial score (nSPS) is 11.0. The molecule has 0 aliphatic carbocycles. The second-order valence-electron chi connectivity index (χ2n) is 5.49. The van der Waals surface area contributed by atoms with Crippen LogP contribution in [0.15, 0.2) is 53.6 Å². The number of aryl methyl sites for hydroxylation is 1. The summed E-state index contributed by atoms with van der Waals surface area (Å²) >= 11 is 0. The monoisotopic (exact) mass is 310 g/mol. The zero-order chi connectivity index (χ0) is 16.7. The third-order valence-electron chi connectivity index (χ3n) is 3.26. The Kier molecular flexibility index (Phi) is 5.92. The lowest BCUT2D eigenvalue weighted by Crippen LogP contribution is -2.17. The first kappa shape index (κ1) is 16.7. The largest absolute Gasteiger partial charge is 0.491 e. The molecule has 0 saturated heterocycles. The van der Waals surface area contributed by atoms with Crippen molar-refractivity contribution in [2.75, 3.05) is 0 Å². The highest BCUT2D eigenvalue weighted by Gasteiger charge is 2.05. The molecule has 4 heteroatoms. The van der Waals surface area contributed by atoms with Gasteiger partial charge in [-0.1, -0.05) is 31.2 Å². The fraction of sp³-hybridized carbons (Fsp3) is 0.263. The summed E-state index contributed by atoms with van der Waals surface area (Å²) in [5, 5.41) is 3.99. The van der Waals surface area contributed by atoms with Gasteiger partial charge in [-0.25, -0.2) is 5.43 Å². The van der Waals surface area contributed by atoms with Crippen LogP contribution in [0.4, 0.5) is 0 Å². The standard InChI is InChI=1S/C19H22N2O2/c1-4-15-5-7-16(8-6-15)13-20-21-19(22)17-9-11-18(12-10-17)23-14(2)3/h5-14H,4H2,1-3H3,(H,21,22)/b20-13-. The zero-order valence-corrected chi connectivity index (χ0v) is 13.7. The number of carbonyl (C=O) groups excluding carboxylic acids is 1. The van der Waals surface area contributed by atoms with E-state index in [1.165, 1.54) is 5.56 Å². The number of benzene rings is 2. The van der Waals surface area contributed by atoms with Gasteiger partial charge in [-0.15, -0.1) is 0 Å². The number of nitrogens with zero attached hydrogens (tertiary/aromatic N) is 1. The molecule has 1 N–H and O–H groups in total. The maximum Gasteiger partial charge on any atom is 0.271 e. The Balaban J connectivity index is 1.91. The Bertz CT molecular complexity index is 659. The molecule has 0 atom stereocenters. The van der Waals surface area contributed by atoms with Crippen LogP contribution in [0, 0.1) is 0 Å². The molecule has 2 aromatic carbocycles. The average Bonchev–Trinajstić information content (AvgIpc) is 2.55. The predicted octanol–water partition coefficient (Wildman–Crippen LogP) is 3.80. The second-order valence-corrected chi connectivity index (χ2v) is 5.49. The molecule has 0 radical (unpaired) electrons. The molecule has 2 rings (SSSR count). The topological polar surface area (TPSA) is 50.7 Å². The van der Waals surface area contributed by atoms with E-state index in [9.17, 15) is 4.79 Å². The minimum Gasteiger partial charge on any atom is -0.491 e. The third kappa shape index (κ3) is 5.25. The number of carbonyl (C=O) groups is 1. The van der Waals surface area contributed by atoms with Gasteiger partial charge in [-0.05, 0) is 55.7 Å². The van der Waals surface area contributed by atoms with Crippen molar-refractivity contribution in [3.63, 3.8) is 0 Å². The summed E-state index contributed by atoms with van der Waals surface area (Å²) in [6.45, 7) is 6.03. The van der Waals surface area contributed by atoms with E-state index in [-0.39, 0.29) is 12.0 Å². The van der Waals surface area contributed by atoms with Crippen LogP contribution in [0.2, 0.25) is 0 Å². The molecular formula is C19H22N2O2. The van der Waals surface area contributed by atoms with Gasteiger partial charge in [-0.2, -0.15) is 5.10 Å². The summed E-state index contributed by atoms with van der Waals surface area (Å²) in [4.78, 5) is 12.0. The molecule has 0 spiro atoms. The highest BCUT2D eigenvalue weighted by Crippen LogP contribution is 2.13. The quantitative estimate of drug-likeness (QED) is 0.651. The highest BCUT2D eigenvalue weighted by molar-refractivity contribution is 5.94. The van der Waals surface area contributed by atoms with E-state index in [1.807, 2.05) is 26.0 Å². The van der Waals surface area contributed by atoms with Crippen molar-refractivity contribution in [1.82, 2.24) is 5.43 Å². The van der Waals surface area contributed by atoms with Crippen LogP contribution in [0.3, 0.4) is 0 Å². The van der Waals surface area contributed by atoms with E-state index in [0.717, 1.165) is 17.7 Å². The van der Waals surface area contributed by atoms with Gasteiger partial charge < -0.3 is 4.74 Å². The first-order chi connectivity index (χ1) is 11.1. The first-order valence-electron chi connectivity index (χ1n) is 7.77. The SMILES string of the molecule is CCc1ccc(/C=N\NC(=O)c2ccc(OC(C)C)cc2)cc1. The lowest BCUT2D eigenvalue weighted by molar-refractivity contribution is 0.0955. The lowest BCUT2D eigenvalue weighted by Gasteiger charge is -2.09.